The van der Waals surface area contributed by atoms with Crippen molar-refractivity contribution in [1.29, 1.82) is 0 Å². The fourth-order valence-electron chi connectivity index (χ4n) is 1.56. The van der Waals surface area contributed by atoms with Gasteiger partial charge in [-0.15, -0.1) is 0 Å². The van der Waals surface area contributed by atoms with Crippen molar-refractivity contribution in [1.82, 2.24) is 15.3 Å². The third kappa shape index (κ3) is 7.48. The first-order valence-electron chi connectivity index (χ1n) is 6.83. The van der Waals surface area contributed by atoms with Crippen LogP contribution in [-0.2, 0) is 0 Å². The predicted molar refractivity (Wildman–Crippen MR) is 73.1 cm³/mol. The Hall–Kier alpha value is -1.86. The van der Waals surface area contributed by atoms with E-state index in [2.05, 4.69) is 20.6 Å². The first-order valence-corrected chi connectivity index (χ1v) is 6.83. The van der Waals surface area contributed by atoms with Crippen LogP contribution in [-0.4, -0.2) is 35.1 Å². The number of alkyl halides is 3. The molecule has 0 saturated carbocycles. The van der Waals surface area contributed by atoms with Crippen molar-refractivity contribution >= 4 is 11.7 Å². The summed E-state index contributed by atoms with van der Waals surface area (Å²) in [6, 6.07) is 0. The molecule has 8 heteroatoms. The van der Waals surface area contributed by atoms with Gasteiger partial charge in [-0.1, -0.05) is 6.92 Å². The van der Waals surface area contributed by atoms with Gasteiger partial charge in [0.2, 0.25) is 0 Å². The van der Waals surface area contributed by atoms with E-state index < -0.39 is 18.5 Å². The molecule has 0 fully saturated rings. The van der Waals surface area contributed by atoms with Crippen molar-refractivity contribution in [3.05, 3.63) is 18.1 Å². The number of anilines is 1. The Labute approximate surface area is 121 Å². The maximum Gasteiger partial charge on any atom is 0.389 e. The topological polar surface area (TPSA) is 66.9 Å². The van der Waals surface area contributed by atoms with E-state index in [0.717, 1.165) is 13.0 Å². The van der Waals surface area contributed by atoms with Gasteiger partial charge in [0.15, 0.2) is 0 Å². The van der Waals surface area contributed by atoms with E-state index >= 15 is 0 Å². The molecular formula is C13H19F3N4O. The number of nitrogens with one attached hydrogen (secondary N) is 2. The van der Waals surface area contributed by atoms with Crippen molar-refractivity contribution in [3.8, 4) is 0 Å². The number of halogens is 3. The van der Waals surface area contributed by atoms with Crippen LogP contribution in [0.2, 0.25) is 0 Å². The zero-order valence-corrected chi connectivity index (χ0v) is 11.8. The van der Waals surface area contributed by atoms with Crippen molar-refractivity contribution < 1.29 is 18.0 Å². The summed E-state index contributed by atoms with van der Waals surface area (Å²) in [6.07, 6.45) is -0.969. The number of hydrogen-bond donors (Lipinski definition) is 2. The fourth-order valence-corrected chi connectivity index (χ4v) is 1.56. The third-order valence-corrected chi connectivity index (χ3v) is 2.60. The van der Waals surface area contributed by atoms with Crippen molar-refractivity contribution in [2.75, 3.05) is 18.4 Å². The van der Waals surface area contributed by atoms with E-state index in [-0.39, 0.29) is 25.1 Å². The molecule has 0 saturated heterocycles. The van der Waals surface area contributed by atoms with Crippen molar-refractivity contribution in [3.63, 3.8) is 0 Å². The van der Waals surface area contributed by atoms with Crippen molar-refractivity contribution in [2.24, 2.45) is 0 Å². The lowest BCUT2D eigenvalue weighted by molar-refractivity contribution is -0.135. The minimum Gasteiger partial charge on any atom is -0.369 e. The van der Waals surface area contributed by atoms with Gasteiger partial charge in [-0.25, -0.2) is 4.98 Å². The molecule has 1 aromatic heterocycles. The molecule has 1 amide bonds. The van der Waals surface area contributed by atoms with Gasteiger partial charge in [-0.05, 0) is 19.3 Å². The second kappa shape index (κ2) is 8.43. The molecule has 0 bridgehead atoms. The van der Waals surface area contributed by atoms with Crippen LogP contribution >= 0.6 is 0 Å². The molecule has 0 aliphatic heterocycles. The Bertz CT molecular complexity index is 451. The van der Waals surface area contributed by atoms with E-state index in [0.29, 0.717) is 5.82 Å². The molecule has 1 heterocycles. The molecule has 1 rings (SSSR count). The summed E-state index contributed by atoms with van der Waals surface area (Å²) >= 11 is 0. The van der Waals surface area contributed by atoms with Crippen LogP contribution in [0.15, 0.2) is 12.4 Å². The largest absolute Gasteiger partial charge is 0.389 e. The van der Waals surface area contributed by atoms with E-state index in [1.54, 1.807) is 0 Å². The van der Waals surface area contributed by atoms with E-state index in [1.165, 1.54) is 12.4 Å². The van der Waals surface area contributed by atoms with Gasteiger partial charge in [0, 0.05) is 19.5 Å². The monoisotopic (exact) mass is 304 g/mol. The predicted octanol–water partition coefficient (Wildman–Crippen LogP) is 2.76. The summed E-state index contributed by atoms with van der Waals surface area (Å²) in [5.74, 6) is 0.0660. The van der Waals surface area contributed by atoms with Gasteiger partial charge < -0.3 is 10.6 Å². The Morgan fingerprint density at radius 2 is 2.00 bits per heavy atom. The minimum atomic E-state index is -4.14. The highest BCUT2D eigenvalue weighted by Gasteiger charge is 2.25. The van der Waals surface area contributed by atoms with Crippen LogP contribution in [0.5, 0.6) is 0 Å². The molecule has 0 atom stereocenters. The number of unbranched alkanes of at least 4 members (excludes halogenated alkanes) is 1. The van der Waals surface area contributed by atoms with Gasteiger partial charge >= 0.3 is 6.18 Å². The molecule has 0 aliphatic rings. The number of carbonyl (C=O) groups excluding carboxylic acids is 1. The lowest BCUT2D eigenvalue weighted by Crippen LogP contribution is -2.26. The standard InChI is InChI=1S/C13H19F3N4O/c1-2-6-18-11-9-17-8-10(20-11)12(21)19-7-4-3-5-13(14,15)16/h8-9H,2-7H2,1H3,(H,18,20)(H,19,21). The minimum absolute atomic E-state index is 0.00640. The fraction of sp³-hybridized carbons (Fsp3) is 0.615. The summed E-state index contributed by atoms with van der Waals surface area (Å²) in [4.78, 5) is 19.8. The van der Waals surface area contributed by atoms with Gasteiger partial charge in [-0.2, -0.15) is 13.2 Å². The van der Waals surface area contributed by atoms with Crippen LogP contribution in [0.4, 0.5) is 19.0 Å². The summed E-state index contributed by atoms with van der Waals surface area (Å²) in [6.45, 7) is 2.90. The number of nitrogens with zero attached hydrogens (tertiary/aromatic N) is 2. The number of rotatable bonds is 8. The Morgan fingerprint density at radius 1 is 1.24 bits per heavy atom. The third-order valence-electron chi connectivity index (χ3n) is 2.60. The van der Waals surface area contributed by atoms with Crippen LogP contribution in [0.25, 0.3) is 0 Å². The summed E-state index contributed by atoms with van der Waals surface area (Å²) in [5.41, 5.74) is 0.145. The van der Waals surface area contributed by atoms with Crippen LogP contribution in [0.1, 0.15) is 43.1 Å². The molecule has 0 radical (unpaired) electrons. The second-order valence-electron chi connectivity index (χ2n) is 4.54. The number of amides is 1. The maximum absolute atomic E-state index is 11.9. The first kappa shape index (κ1) is 17.2. The van der Waals surface area contributed by atoms with Gasteiger partial charge in [-0.3, -0.25) is 9.78 Å². The SMILES string of the molecule is CCCNc1cncc(C(=O)NCCCCC(F)(F)F)n1. The van der Waals surface area contributed by atoms with Crippen molar-refractivity contribution in [2.45, 2.75) is 38.8 Å². The smallest absolute Gasteiger partial charge is 0.369 e. The molecular weight excluding hydrogens is 285 g/mol. The molecule has 5 nitrogen and oxygen atoms in total. The van der Waals surface area contributed by atoms with E-state index in [4.69, 9.17) is 0 Å². The highest BCUT2D eigenvalue weighted by molar-refractivity contribution is 5.92. The molecule has 1 aromatic rings. The molecule has 2 N–H and O–H groups in total. The normalized spacial score (nSPS) is 11.2. The molecule has 0 spiro atoms. The zero-order valence-electron chi connectivity index (χ0n) is 11.8. The maximum atomic E-state index is 11.9. The number of carbonyl (C=O) groups is 1. The van der Waals surface area contributed by atoms with Crippen LogP contribution in [0.3, 0.4) is 0 Å². The first-order chi connectivity index (χ1) is 9.92. The second-order valence-corrected chi connectivity index (χ2v) is 4.54. The van der Waals surface area contributed by atoms with E-state index in [1.807, 2.05) is 6.92 Å². The Morgan fingerprint density at radius 3 is 2.67 bits per heavy atom. The highest BCUT2D eigenvalue weighted by Crippen LogP contribution is 2.21. The van der Waals surface area contributed by atoms with E-state index in [9.17, 15) is 18.0 Å². The van der Waals surface area contributed by atoms with Gasteiger partial charge in [0.25, 0.3) is 5.91 Å². The quantitative estimate of drug-likeness (QED) is 0.725. The average Bonchev–Trinajstić information content (AvgIpc) is 2.43. The van der Waals surface area contributed by atoms with Gasteiger partial charge in [0.1, 0.15) is 11.5 Å². The molecule has 21 heavy (non-hydrogen) atoms. The Balaban J connectivity index is 2.35. The van der Waals surface area contributed by atoms with Crippen LogP contribution < -0.4 is 10.6 Å². The van der Waals surface area contributed by atoms with Gasteiger partial charge in [0.05, 0.1) is 12.4 Å². The molecule has 118 valence electrons. The molecule has 0 aliphatic carbocycles. The number of hydrogen-bond acceptors (Lipinski definition) is 4. The average molecular weight is 304 g/mol. The highest BCUT2D eigenvalue weighted by atomic mass is 19.4. The summed E-state index contributed by atoms with van der Waals surface area (Å²) in [5, 5.41) is 5.54. The van der Waals surface area contributed by atoms with Crippen LogP contribution in [0, 0.1) is 0 Å². The zero-order chi connectivity index (χ0) is 15.7. The molecule has 0 aromatic carbocycles. The molecule has 0 unspecified atom stereocenters. The Kier molecular flexibility index (Phi) is 6.90. The number of aromatic nitrogens is 2. The summed E-state index contributed by atoms with van der Waals surface area (Å²) in [7, 11) is 0. The summed E-state index contributed by atoms with van der Waals surface area (Å²) < 4.78 is 35.8. The lowest BCUT2D eigenvalue weighted by Gasteiger charge is -2.08. The lowest BCUT2D eigenvalue weighted by atomic mass is 10.2.